The molecule has 0 atom stereocenters. The number of rotatable bonds is 9. The smallest absolute Gasteiger partial charge is 0.164 e. The van der Waals surface area contributed by atoms with Gasteiger partial charge >= 0.3 is 0 Å². The standard InChI is InChI=1S/C20H22NSi.C14H26O2.Ir/c1-14-10-15(2)12-17(11-14)20-19-7-6-18(22(3,4)5)13-16(19)8-9-21-20;1-6-11(7-2)12(15)10-13(16)14(5,8-3)9-4;/h6-11,13H,1-5H3;10-11,15H,6-9H2,1-5H3;/q-1;;/b;12-10-;. The Bertz CT molecular complexity index is 1250. The quantitative estimate of drug-likeness (QED) is 0.104. The number of aromatic nitrogens is 1. The molecule has 2 aromatic carbocycles. The van der Waals surface area contributed by atoms with Gasteiger partial charge < -0.3 is 10.1 Å². The van der Waals surface area contributed by atoms with E-state index in [1.165, 1.54) is 27.6 Å². The maximum Gasteiger partial charge on any atom is 0.164 e. The zero-order chi connectivity index (χ0) is 28.7. The zero-order valence-electron chi connectivity index (χ0n) is 25.7. The number of carbonyl (C=O) groups excluding carboxylic acids is 1. The molecule has 0 bridgehead atoms. The van der Waals surface area contributed by atoms with Gasteiger partial charge in [-0.05, 0) is 48.2 Å². The number of aliphatic hydroxyl groups is 1. The molecule has 3 aromatic rings. The molecule has 1 N–H and O–H groups in total. The van der Waals surface area contributed by atoms with Crippen LogP contribution in [0, 0.1) is 31.2 Å². The number of pyridine rings is 1. The SMILES string of the molecule is CCC(CC)/C(O)=C/C(=O)C(C)(CC)CC.Cc1[c-]c(-c2nccc3cc([Si](C)(C)C)ccc23)cc(C)c1.[Ir]. The van der Waals surface area contributed by atoms with Gasteiger partial charge in [0.05, 0.1) is 13.8 Å². The van der Waals surface area contributed by atoms with Crippen LogP contribution in [0.25, 0.3) is 22.0 Å². The van der Waals surface area contributed by atoms with Crippen LogP contribution in [0.4, 0.5) is 0 Å². The molecule has 39 heavy (non-hydrogen) atoms. The molecule has 0 amide bonds. The van der Waals surface area contributed by atoms with Crippen LogP contribution in [0.2, 0.25) is 19.6 Å². The molecule has 1 heterocycles. The van der Waals surface area contributed by atoms with Crippen molar-refractivity contribution in [2.24, 2.45) is 11.3 Å². The minimum atomic E-state index is -1.29. The fraction of sp³-hybridized carbons (Fsp3) is 0.471. The van der Waals surface area contributed by atoms with Crippen LogP contribution in [-0.4, -0.2) is 23.9 Å². The zero-order valence-corrected chi connectivity index (χ0v) is 29.1. The molecule has 215 valence electrons. The van der Waals surface area contributed by atoms with E-state index in [0.717, 1.165) is 42.5 Å². The van der Waals surface area contributed by atoms with Crippen molar-refractivity contribution in [3.63, 3.8) is 0 Å². The van der Waals surface area contributed by atoms with Crippen LogP contribution in [0.5, 0.6) is 0 Å². The van der Waals surface area contributed by atoms with Crippen molar-refractivity contribution >= 4 is 29.8 Å². The summed E-state index contributed by atoms with van der Waals surface area (Å²) in [5, 5.41) is 13.9. The summed E-state index contributed by atoms with van der Waals surface area (Å²) in [6.07, 6.45) is 6.74. The number of carbonyl (C=O) groups is 1. The van der Waals surface area contributed by atoms with Crippen LogP contribution in [0.1, 0.15) is 71.4 Å². The first-order valence-corrected chi connectivity index (χ1v) is 17.6. The second-order valence-corrected chi connectivity index (χ2v) is 16.9. The van der Waals surface area contributed by atoms with E-state index in [4.69, 9.17) is 0 Å². The number of aliphatic hydroxyl groups excluding tert-OH is 1. The third kappa shape index (κ3) is 9.23. The Labute approximate surface area is 251 Å². The van der Waals surface area contributed by atoms with E-state index in [9.17, 15) is 9.90 Å². The monoisotopic (exact) mass is 723 g/mol. The van der Waals surface area contributed by atoms with Gasteiger partial charge in [-0.3, -0.25) is 4.79 Å². The van der Waals surface area contributed by atoms with Gasteiger partial charge in [-0.1, -0.05) is 91.5 Å². The minimum Gasteiger partial charge on any atom is -0.512 e. The third-order valence-corrected chi connectivity index (χ3v) is 9.92. The predicted octanol–water partition coefficient (Wildman–Crippen LogP) is 9.12. The van der Waals surface area contributed by atoms with Crippen molar-refractivity contribution < 1.29 is 30.0 Å². The first kappa shape index (κ1) is 35.0. The molecule has 0 saturated heterocycles. The van der Waals surface area contributed by atoms with Crippen molar-refractivity contribution in [2.75, 3.05) is 0 Å². The Hall–Kier alpha value is -2.07. The van der Waals surface area contributed by atoms with Gasteiger partial charge in [0.2, 0.25) is 0 Å². The summed E-state index contributed by atoms with van der Waals surface area (Å²) < 4.78 is 0. The van der Waals surface area contributed by atoms with E-state index in [0.29, 0.717) is 0 Å². The first-order valence-electron chi connectivity index (χ1n) is 14.1. The molecule has 5 heteroatoms. The summed E-state index contributed by atoms with van der Waals surface area (Å²) in [5.41, 5.74) is 4.21. The Morgan fingerprint density at radius 3 is 2.15 bits per heavy atom. The van der Waals surface area contributed by atoms with Gasteiger partial charge in [-0.15, -0.1) is 34.9 Å². The number of nitrogens with zero attached hydrogens (tertiary/aromatic N) is 1. The normalized spacial score (nSPS) is 12.1. The molecule has 0 fully saturated rings. The fourth-order valence-electron chi connectivity index (χ4n) is 4.61. The van der Waals surface area contributed by atoms with E-state index in [1.807, 2.05) is 40.8 Å². The van der Waals surface area contributed by atoms with Crippen LogP contribution in [0.3, 0.4) is 0 Å². The van der Waals surface area contributed by atoms with Crippen molar-refractivity contribution in [3.05, 3.63) is 71.6 Å². The van der Waals surface area contributed by atoms with Crippen molar-refractivity contribution in [2.45, 2.75) is 93.8 Å². The van der Waals surface area contributed by atoms with E-state index >= 15 is 0 Å². The van der Waals surface area contributed by atoms with Crippen LogP contribution in [0.15, 0.2) is 54.4 Å². The molecule has 0 aliphatic heterocycles. The predicted molar refractivity (Wildman–Crippen MR) is 167 cm³/mol. The molecule has 3 rings (SSSR count). The number of aryl methyl sites for hydroxylation is 2. The molecule has 1 aromatic heterocycles. The summed E-state index contributed by atoms with van der Waals surface area (Å²) >= 11 is 0. The summed E-state index contributed by atoms with van der Waals surface area (Å²) in [5.74, 6) is 0.437. The second kappa shape index (κ2) is 15.1. The number of benzene rings is 2. The maximum absolute atomic E-state index is 12.0. The molecular weight excluding hydrogens is 675 g/mol. The number of ketones is 1. The number of hydrogen-bond acceptors (Lipinski definition) is 3. The molecule has 0 unspecified atom stereocenters. The van der Waals surface area contributed by atoms with E-state index in [2.05, 4.69) is 80.9 Å². The van der Waals surface area contributed by atoms with Crippen molar-refractivity contribution in [1.29, 1.82) is 0 Å². The Balaban J connectivity index is 0.000000402. The molecule has 0 aliphatic rings. The molecule has 0 spiro atoms. The van der Waals surface area contributed by atoms with Gasteiger partial charge in [-0.25, -0.2) is 0 Å². The second-order valence-electron chi connectivity index (χ2n) is 11.8. The Morgan fingerprint density at radius 1 is 1.03 bits per heavy atom. The van der Waals surface area contributed by atoms with Crippen molar-refractivity contribution in [3.8, 4) is 11.3 Å². The van der Waals surface area contributed by atoms with Crippen molar-refractivity contribution in [1.82, 2.24) is 4.98 Å². The van der Waals surface area contributed by atoms with E-state index in [1.54, 1.807) is 0 Å². The van der Waals surface area contributed by atoms with Crippen LogP contribution >= 0.6 is 0 Å². The van der Waals surface area contributed by atoms with E-state index < -0.39 is 8.07 Å². The molecule has 0 aliphatic carbocycles. The van der Waals surface area contributed by atoms with Crippen LogP contribution < -0.4 is 5.19 Å². The molecular formula is C34H48IrNO2Si-. The van der Waals surface area contributed by atoms with Crippen LogP contribution in [-0.2, 0) is 24.9 Å². The largest absolute Gasteiger partial charge is 0.512 e. The van der Waals surface area contributed by atoms with Gasteiger partial charge in [0.25, 0.3) is 0 Å². The maximum atomic E-state index is 12.0. The topological polar surface area (TPSA) is 50.2 Å². The molecule has 3 nitrogen and oxygen atoms in total. The molecule has 0 saturated carbocycles. The third-order valence-electron chi connectivity index (χ3n) is 7.87. The average Bonchev–Trinajstić information content (AvgIpc) is 2.87. The van der Waals surface area contributed by atoms with Gasteiger partial charge in [-0.2, -0.15) is 0 Å². The summed E-state index contributed by atoms with van der Waals surface area (Å²) in [6.45, 7) is 21.4. The Kier molecular flexibility index (Phi) is 13.5. The number of hydrogen-bond donors (Lipinski definition) is 1. The number of fused-ring (bicyclic) bond motifs is 1. The van der Waals surface area contributed by atoms with Gasteiger partial charge in [0.15, 0.2) is 5.78 Å². The van der Waals surface area contributed by atoms with Gasteiger partial charge in [0, 0.05) is 43.7 Å². The minimum absolute atomic E-state index is 0. The summed E-state index contributed by atoms with van der Waals surface area (Å²) in [7, 11) is -1.29. The Morgan fingerprint density at radius 2 is 1.64 bits per heavy atom. The first-order chi connectivity index (χ1) is 17.8. The van der Waals surface area contributed by atoms with Gasteiger partial charge in [0.1, 0.15) is 0 Å². The van der Waals surface area contributed by atoms with E-state index in [-0.39, 0.29) is 43.0 Å². The molecule has 1 radical (unpaired) electrons. The summed E-state index contributed by atoms with van der Waals surface area (Å²) in [6, 6.07) is 16.7. The number of allylic oxidation sites excluding steroid dienone is 2. The fourth-order valence-corrected chi connectivity index (χ4v) is 5.79. The summed E-state index contributed by atoms with van der Waals surface area (Å²) in [4.78, 5) is 16.7. The average molecular weight is 723 g/mol.